The van der Waals surface area contributed by atoms with Crippen LogP contribution in [-0.2, 0) is 9.59 Å². The van der Waals surface area contributed by atoms with Gasteiger partial charge < -0.3 is 25.6 Å². The van der Waals surface area contributed by atoms with Crippen LogP contribution in [0, 0.1) is 0 Å². The van der Waals surface area contributed by atoms with Gasteiger partial charge in [0.05, 0.1) is 20.6 Å². The molecular formula is C13H16N2O6. The molecule has 8 nitrogen and oxygen atoms in total. The maximum Gasteiger partial charge on any atom is 0.326 e. The summed E-state index contributed by atoms with van der Waals surface area (Å²) in [7, 11) is 2.84. The molecule has 0 aromatic heterocycles. The molecule has 1 aromatic rings. The van der Waals surface area contributed by atoms with Crippen LogP contribution in [0.25, 0.3) is 0 Å². The number of rotatable bonds is 7. The van der Waals surface area contributed by atoms with Gasteiger partial charge in [0.2, 0.25) is 5.91 Å². The molecule has 0 aliphatic carbocycles. The molecule has 0 unspecified atom stereocenters. The zero-order valence-electron chi connectivity index (χ0n) is 11.6. The Bertz CT molecular complexity index is 535. The van der Waals surface area contributed by atoms with Gasteiger partial charge in [-0.15, -0.1) is 0 Å². The smallest absolute Gasteiger partial charge is 0.326 e. The average molecular weight is 296 g/mol. The van der Waals surface area contributed by atoms with Crippen LogP contribution in [0.1, 0.15) is 16.8 Å². The lowest BCUT2D eigenvalue weighted by Crippen LogP contribution is -2.43. The van der Waals surface area contributed by atoms with Crippen molar-refractivity contribution in [3.8, 4) is 11.5 Å². The van der Waals surface area contributed by atoms with Crippen molar-refractivity contribution in [2.75, 3.05) is 14.2 Å². The summed E-state index contributed by atoms with van der Waals surface area (Å²) in [5.41, 5.74) is 5.08. The molecule has 0 radical (unpaired) electrons. The first-order chi connectivity index (χ1) is 9.87. The predicted molar refractivity (Wildman–Crippen MR) is 72.2 cm³/mol. The second-order valence-corrected chi connectivity index (χ2v) is 4.14. The molecule has 0 spiro atoms. The monoisotopic (exact) mass is 296 g/mol. The van der Waals surface area contributed by atoms with Crippen molar-refractivity contribution in [1.82, 2.24) is 5.32 Å². The van der Waals surface area contributed by atoms with E-state index in [2.05, 4.69) is 5.32 Å². The number of nitrogens with one attached hydrogen (secondary N) is 1. The molecule has 0 aliphatic rings. The number of hydrogen-bond acceptors (Lipinski definition) is 5. The number of benzene rings is 1. The summed E-state index contributed by atoms with van der Waals surface area (Å²) >= 11 is 0. The number of carbonyl (C=O) groups excluding carboxylic acids is 2. The fraction of sp³-hybridized carbons (Fsp3) is 0.308. The molecule has 2 amide bonds. The van der Waals surface area contributed by atoms with E-state index in [-0.39, 0.29) is 5.56 Å². The number of carboxylic acid groups (broad SMARTS) is 1. The van der Waals surface area contributed by atoms with Crippen LogP contribution >= 0.6 is 0 Å². The van der Waals surface area contributed by atoms with Crippen LogP contribution in [0.2, 0.25) is 0 Å². The Kier molecular flexibility index (Phi) is 5.53. The summed E-state index contributed by atoms with van der Waals surface area (Å²) in [6, 6.07) is 3.00. The molecule has 0 heterocycles. The van der Waals surface area contributed by atoms with Gasteiger partial charge in [0.1, 0.15) is 17.5 Å². The topological polar surface area (TPSA) is 128 Å². The van der Waals surface area contributed by atoms with Gasteiger partial charge in [-0.3, -0.25) is 9.59 Å². The molecule has 21 heavy (non-hydrogen) atoms. The Morgan fingerprint density at radius 1 is 1.19 bits per heavy atom. The van der Waals surface area contributed by atoms with E-state index in [1.165, 1.54) is 26.4 Å². The Balaban J connectivity index is 2.96. The van der Waals surface area contributed by atoms with E-state index in [0.29, 0.717) is 11.5 Å². The Labute approximate surface area is 120 Å². The van der Waals surface area contributed by atoms with Gasteiger partial charge in [0, 0.05) is 11.6 Å². The molecule has 0 saturated carbocycles. The highest BCUT2D eigenvalue weighted by molar-refractivity contribution is 5.98. The zero-order valence-corrected chi connectivity index (χ0v) is 11.6. The zero-order chi connectivity index (χ0) is 16.0. The van der Waals surface area contributed by atoms with E-state index in [1.807, 2.05) is 0 Å². The van der Waals surface area contributed by atoms with E-state index in [9.17, 15) is 14.4 Å². The normalized spacial score (nSPS) is 11.3. The quantitative estimate of drug-likeness (QED) is 0.637. The summed E-state index contributed by atoms with van der Waals surface area (Å²) in [5.74, 6) is -2.11. The molecule has 1 rings (SSSR count). The fourth-order valence-corrected chi connectivity index (χ4v) is 1.58. The van der Waals surface area contributed by atoms with Gasteiger partial charge in [-0.05, 0) is 12.1 Å². The van der Waals surface area contributed by atoms with Crippen LogP contribution in [0.15, 0.2) is 18.2 Å². The Morgan fingerprint density at radius 2 is 1.71 bits per heavy atom. The lowest BCUT2D eigenvalue weighted by molar-refractivity contribution is -0.140. The average Bonchev–Trinajstić information content (AvgIpc) is 2.45. The molecule has 114 valence electrons. The first-order valence-electron chi connectivity index (χ1n) is 5.92. The van der Waals surface area contributed by atoms with Crippen LogP contribution in [0.5, 0.6) is 11.5 Å². The molecule has 1 aromatic carbocycles. The summed E-state index contributed by atoms with van der Waals surface area (Å²) in [6.07, 6.45) is -0.498. The number of aliphatic carboxylic acids is 1. The van der Waals surface area contributed by atoms with Crippen molar-refractivity contribution < 1.29 is 29.0 Å². The number of methoxy groups -OCH3 is 2. The number of carboxylic acids is 1. The highest BCUT2D eigenvalue weighted by atomic mass is 16.5. The molecule has 0 fully saturated rings. The van der Waals surface area contributed by atoms with E-state index < -0.39 is 30.2 Å². The van der Waals surface area contributed by atoms with Gasteiger partial charge >= 0.3 is 5.97 Å². The van der Waals surface area contributed by atoms with Crippen molar-refractivity contribution in [2.24, 2.45) is 5.73 Å². The summed E-state index contributed by atoms with van der Waals surface area (Å²) in [6.45, 7) is 0. The summed E-state index contributed by atoms with van der Waals surface area (Å²) in [5, 5.41) is 11.2. The number of ether oxygens (including phenoxy) is 2. The standard InChI is InChI=1S/C13H16N2O6/c1-20-8-3-7(4-9(5-8)21-2)12(17)15-10(13(18)19)6-11(14)16/h3-5,10H,6H2,1-2H3,(H2,14,16)(H,15,17)(H,18,19)/t10-/m1/s1. The molecule has 0 aliphatic heterocycles. The minimum atomic E-state index is -1.40. The number of nitrogens with two attached hydrogens (primary N) is 1. The van der Waals surface area contributed by atoms with Crippen molar-refractivity contribution in [1.29, 1.82) is 0 Å². The molecule has 0 bridgehead atoms. The van der Waals surface area contributed by atoms with Gasteiger partial charge in [-0.1, -0.05) is 0 Å². The first-order valence-corrected chi connectivity index (χ1v) is 5.92. The third kappa shape index (κ3) is 4.68. The van der Waals surface area contributed by atoms with Gasteiger partial charge in [0.25, 0.3) is 5.91 Å². The van der Waals surface area contributed by atoms with Crippen LogP contribution in [0.4, 0.5) is 0 Å². The highest BCUT2D eigenvalue weighted by Gasteiger charge is 2.23. The van der Waals surface area contributed by atoms with E-state index in [4.69, 9.17) is 20.3 Å². The second kappa shape index (κ2) is 7.13. The lowest BCUT2D eigenvalue weighted by atomic mass is 10.1. The molecule has 1 atom stereocenters. The van der Waals surface area contributed by atoms with Crippen LogP contribution < -0.4 is 20.5 Å². The van der Waals surface area contributed by atoms with Gasteiger partial charge in [-0.25, -0.2) is 4.79 Å². The van der Waals surface area contributed by atoms with Gasteiger partial charge in [0.15, 0.2) is 0 Å². The van der Waals surface area contributed by atoms with E-state index in [1.54, 1.807) is 6.07 Å². The predicted octanol–water partition coefficient (Wildman–Crippen LogP) is -0.238. The fourth-order valence-electron chi connectivity index (χ4n) is 1.58. The van der Waals surface area contributed by atoms with Crippen molar-refractivity contribution in [3.05, 3.63) is 23.8 Å². The van der Waals surface area contributed by atoms with Crippen LogP contribution in [-0.4, -0.2) is 43.2 Å². The minimum absolute atomic E-state index is 0.141. The third-order valence-electron chi connectivity index (χ3n) is 2.62. The summed E-state index contributed by atoms with van der Waals surface area (Å²) < 4.78 is 10.0. The van der Waals surface area contributed by atoms with E-state index in [0.717, 1.165) is 0 Å². The molecule has 8 heteroatoms. The maximum atomic E-state index is 12.0. The molecule has 0 saturated heterocycles. The lowest BCUT2D eigenvalue weighted by Gasteiger charge is -2.14. The Hall–Kier alpha value is -2.77. The number of hydrogen-bond donors (Lipinski definition) is 3. The largest absolute Gasteiger partial charge is 0.497 e. The van der Waals surface area contributed by atoms with E-state index >= 15 is 0 Å². The highest BCUT2D eigenvalue weighted by Crippen LogP contribution is 2.22. The second-order valence-electron chi connectivity index (χ2n) is 4.14. The Morgan fingerprint density at radius 3 is 2.10 bits per heavy atom. The first kappa shape index (κ1) is 16.3. The number of carbonyl (C=O) groups is 3. The van der Waals surface area contributed by atoms with Crippen molar-refractivity contribution >= 4 is 17.8 Å². The van der Waals surface area contributed by atoms with Crippen molar-refractivity contribution in [3.63, 3.8) is 0 Å². The maximum absolute atomic E-state index is 12.0. The van der Waals surface area contributed by atoms with Crippen molar-refractivity contribution in [2.45, 2.75) is 12.5 Å². The molecule has 4 N–H and O–H groups in total. The minimum Gasteiger partial charge on any atom is -0.497 e. The number of amides is 2. The van der Waals surface area contributed by atoms with Crippen LogP contribution in [0.3, 0.4) is 0 Å². The molecular weight excluding hydrogens is 280 g/mol. The SMILES string of the molecule is COc1cc(OC)cc(C(=O)N[C@H](CC(N)=O)C(=O)O)c1. The summed E-state index contributed by atoms with van der Waals surface area (Å²) in [4.78, 5) is 33.8. The van der Waals surface area contributed by atoms with Gasteiger partial charge in [-0.2, -0.15) is 0 Å². The third-order valence-corrected chi connectivity index (χ3v) is 2.62. The number of primary amides is 1.